The second-order valence-corrected chi connectivity index (χ2v) is 6.44. The number of aryl methyl sites for hydroxylation is 2. The Bertz CT molecular complexity index is 999. The van der Waals surface area contributed by atoms with Gasteiger partial charge in [0, 0.05) is 11.3 Å². The van der Waals surface area contributed by atoms with E-state index in [1.807, 2.05) is 6.92 Å². The molecule has 0 saturated heterocycles. The van der Waals surface area contributed by atoms with Gasteiger partial charge in [0.25, 0.3) is 5.91 Å². The van der Waals surface area contributed by atoms with Gasteiger partial charge in [-0.3, -0.25) is 9.48 Å². The molecule has 0 aliphatic carbocycles. The number of carbonyl (C=O) groups is 1. The normalized spacial score (nSPS) is 11.1. The van der Waals surface area contributed by atoms with Crippen molar-refractivity contribution in [2.75, 3.05) is 5.32 Å². The number of amides is 1. The molecule has 0 bridgehead atoms. The minimum atomic E-state index is -2.91. The molecule has 0 aliphatic rings. The first-order valence-corrected chi connectivity index (χ1v) is 8.65. The lowest BCUT2D eigenvalue weighted by atomic mass is 10.1. The van der Waals surface area contributed by atoms with E-state index in [2.05, 4.69) is 20.3 Å². The molecule has 10 heteroatoms. The Morgan fingerprint density at radius 1 is 1.29 bits per heavy atom. The van der Waals surface area contributed by atoms with E-state index in [0.29, 0.717) is 27.7 Å². The summed E-state index contributed by atoms with van der Waals surface area (Å²) in [6.07, 6.45) is 0. The number of aromatic nitrogens is 3. The maximum Gasteiger partial charge on any atom is 0.387 e. The van der Waals surface area contributed by atoms with Gasteiger partial charge >= 0.3 is 6.61 Å². The summed E-state index contributed by atoms with van der Waals surface area (Å²) < 4.78 is 35.5. The number of halogens is 3. The number of ether oxygens (including phenoxy) is 1. The maximum absolute atomic E-state index is 12.6. The monoisotopic (exact) mass is 410 g/mol. The standard InChI is InChI=1S/C18H17ClF2N4O3/c1-9-15(19)10(2)25(23-9)8-14-11(3)28-24-16(14)17(26)22-12-4-6-13(7-5-12)27-18(20)21/h4-7,18H,8H2,1-3H3,(H,22,26). The fourth-order valence-electron chi connectivity index (χ4n) is 2.64. The highest BCUT2D eigenvalue weighted by molar-refractivity contribution is 6.31. The zero-order chi connectivity index (χ0) is 20.4. The molecule has 2 heterocycles. The van der Waals surface area contributed by atoms with Gasteiger partial charge in [-0.25, -0.2) is 0 Å². The smallest absolute Gasteiger partial charge is 0.387 e. The summed E-state index contributed by atoms with van der Waals surface area (Å²) in [5.41, 5.74) is 2.52. The van der Waals surface area contributed by atoms with Crippen LogP contribution < -0.4 is 10.1 Å². The number of nitrogens with one attached hydrogen (secondary N) is 1. The van der Waals surface area contributed by atoms with Gasteiger partial charge in [0.05, 0.1) is 23.0 Å². The Balaban J connectivity index is 1.78. The second kappa shape index (κ2) is 7.97. The van der Waals surface area contributed by atoms with Crippen molar-refractivity contribution in [3.63, 3.8) is 0 Å². The third kappa shape index (κ3) is 4.14. The van der Waals surface area contributed by atoms with Crippen LogP contribution in [0.3, 0.4) is 0 Å². The van der Waals surface area contributed by atoms with Gasteiger partial charge in [-0.05, 0) is 45.0 Å². The molecule has 0 atom stereocenters. The molecule has 1 N–H and O–H groups in total. The molecule has 0 unspecified atom stereocenters. The summed E-state index contributed by atoms with van der Waals surface area (Å²) in [5, 5.41) is 11.4. The van der Waals surface area contributed by atoms with Gasteiger partial charge in [-0.15, -0.1) is 0 Å². The van der Waals surface area contributed by atoms with Crippen LogP contribution in [0.5, 0.6) is 5.75 Å². The van der Waals surface area contributed by atoms with Crippen LogP contribution in [0, 0.1) is 20.8 Å². The highest BCUT2D eigenvalue weighted by Gasteiger charge is 2.22. The Morgan fingerprint density at radius 2 is 1.96 bits per heavy atom. The predicted molar refractivity (Wildman–Crippen MR) is 98.1 cm³/mol. The Morgan fingerprint density at radius 3 is 2.54 bits per heavy atom. The first-order valence-electron chi connectivity index (χ1n) is 8.27. The van der Waals surface area contributed by atoms with Gasteiger partial charge in [-0.2, -0.15) is 13.9 Å². The van der Waals surface area contributed by atoms with Crippen molar-refractivity contribution in [1.29, 1.82) is 0 Å². The lowest BCUT2D eigenvalue weighted by Gasteiger charge is -2.08. The van der Waals surface area contributed by atoms with Crippen LogP contribution in [0.2, 0.25) is 5.02 Å². The third-order valence-electron chi connectivity index (χ3n) is 4.14. The summed E-state index contributed by atoms with van der Waals surface area (Å²) in [6, 6.07) is 5.55. The van der Waals surface area contributed by atoms with Crippen molar-refractivity contribution in [3.05, 3.63) is 57.7 Å². The van der Waals surface area contributed by atoms with Crippen LogP contribution in [0.4, 0.5) is 14.5 Å². The van der Waals surface area contributed by atoms with E-state index in [1.165, 1.54) is 24.3 Å². The number of rotatable bonds is 6. The lowest BCUT2D eigenvalue weighted by molar-refractivity contribution is -0.0498. The topological polar surface area (TPSA) is 82.2 Å². The van der Waals surface area contributed by atoms with E-state index < -0.39 is 12.5 Å². The van der Waals surface area contributed by atoms with E-state index >= 15 is 0 Å². The number of carbonyl (C=O) groups excluding carboxylic acids is 1. The number of hydrogen-bond acceptors (Lipinski definition) is 5. The molecule has 28 heavy (non-hydrogen) atoms. The van der Waals surface area contributed by atoms with Gasteiger partial charge in [0.2, 0.25) is 0 Å². The highest BCUT2D eigenvalue weighted by Crippen LogP contribution is 2.23. The summed E-state index contributed by atoms with van der Waals surface area (Å²) in [5.74, 6) is -0.0242. The van der Waals surface area contributed by atoms with Crippen LogP contribution >= 0.6 is 11.6 Å². The molecule has 7 nitrogen and oxygen atoms in total. The SMILES string of the molecule is Cc1nn(Cc2c(C(=O)Nc3ccc(OC(F)F)cc3)noc2C)c(C)c1Cl. The molecular weight excluding hydrogens is 394 g/mol. The largest absolute Gasteiger partial charge is 0.435 e. The summed E-state index contributed by atoms with van der Waals surface area (Å²) in [7, 11) is 0. The fraction of sp³-hybridized carbons (Fsp3) is 0.278. The van der Waals surface area contributed by atoms with Crippen LogP contribution in [-0.2, 0) is 6.54 Å². The van der Waals surface area contributed by atoms with E-state index in [0.717, 1.165) is 5.69 Å². The van der Waals surface area contributed by atoms with Crippen molar-refractivity contribution in [1.82, 2.24) is 14.9 Å². The number of benzene rings is 1. The molecule has 0 aliphatic heterocycles. The van der Waals surface area contributed by atoms with Gasteiger partial charge in [0.1, 0.15) is 11.5 Å². The van der Waals surface area contributed by atoms with Crippen LogP contribution in [0.25, 0.3) is 0 Å². The van der Waals surface area contributed by atoms with Gasteiger partial charge in [-0.1, -0.05) is 16.8 Å². The first-order chi connectivity index (χ1) is 13.3. The quantitative estimate of drug-likeness (QED) is 0.653. The molecule has 3 rings (SSSR count). The van der Waals surface area contributed by atoms with Crippen molar-refractivity contribution in [2.45, 2.75) is 33.9 Å². The van der Waals surface area contributed by atoms with E-state index in [4.69, 9.17) is 16.1 Å². The van der Waals surface area contributed by atoms with E-state index in [1.54, 1.807) is 18.5 Å². The van der Waals surface area contributed by atoms with Crippen LogP contribution in [0.15, 0.2) is 28.8 Å². The number of nitrogens with zero attached hydrogens (tertiary/aromatic N) is 3. The molecule has 0 fully saturated rings. The Labute approximate surface area is 164 Å². The van der Waals surface area contributed by atoms with Crippen LogP contribution in [0.1, 0.15) is 33.2 Å². The predicted octanol–water partition coefficient (Wildman–Crippen LogP) is 4.35. The minimum Gasteiger partial charge on any atom is -0.435 e. The summed E-state index contributed by atoms with van der Waals surface area (Å²) >= 11 is 6.17. The Hall–Kier alpha value is -2.94. The average Bonchev–Trinajstić information content (AvgIpc) is 3.12. The zero-order valence-electron chi connectivity index (χ0n) is 15.3. The molecular formula is C18H17ClF2N4O3. The molecule has 3 aromatic rings. The van der Waals surface area contributed by atoms with Crippen LogP contribution in [-0.4, -0.2) is 27.5 Å². The third-order valence-corrected chi connectivity index (χ3v) is 4.69. The molecule has 1 aromatic carbocycles. The molecule has 2 aromatic heterocycles. The Kier molecular flexibility index (Phi) is 5.64. The highest BCUT2D eigenvalue weighted by atomic mass is 35.5. The second-order valence-electron chi connectivity index (χ2n) is 6.07. The zero-order valence-corrected chi connectivity index (χ0v) is 16.1. The van der Waals surface area contributed by atoms with Gasteiger partial charge < -0.3 is 14.6 Å². The fourth-order valence-corrected chi connectivity index (χ4v) is 2.78. The average molecular weight is 411 g/mol. The minimum absolute atomic E-state index is 0.00706. The molecule has 0 spiro atoms. The number of alkyl halides is 2. The van der Waals surface area contributed by atoms with Crippen molar-refractivity contribution in [2.24, 2.45) is 0 Å². The molecule has 1 amide bonds. The van der Waals surface area contributed by atoms with Crippen molar-refractivity contribution < 1.29 is 22.8 Å². The number of anilines is 1. The molecule has 148 valence electrons. The van der Waals surface area contributed by atoms with E-state index in [-0.39, 0.29) is 18.0 Å². The van der Waals surface area contributed by atoms with Crippen molar-refractivity contribution in [3.8, 4) is 5.75 Å². The van der Waals surface area contributed by atoms with Crippen molar-refractivity contribution >= 4 is 23.2 Å². The van der Waals surface area contributed by atoms with Gasteiger partial charge in [0.15, 0.2) is 5.69 Å². The maximum atomic E-state index is 12.6. The first kappa shape index (κ1) is 19.8. The summed E-state index contributed by atoms with van der Waals surface area (Å²) in [4.78, 5) is 12.6. The number of hydrogen-bond donors (Lipinski definition) is 1. The van der Waals surface area contributed by atoms with E-state index in [9.17, 15) is 13.6 Å². The molecule has 0 saturated carbocycles. The summed E-state index contributed by atoms with van der Waals surface area (Å²) in [6.45, 7) is 2.67. The lowest BCUT2D eigenvalue weighted by Crippen LogP contribution is -2.16. The molecule has 0 radical (unpaired) electrons.